The van der Waals surface area contributed by atoms with E-state index in [2.05, 4.69) is 0 Å². The minimum Gasteiger partial charge on any atom is -0.478 e. The van der Waals surface area contributed by atoms with Gasteiger partial charge >= 0.3 is 5.97 Å². The molecule has 0 aromatic carbocycles. The Kier molecular flexibility index (Phi) is 1.67. The highest BCUT2D eigenvalue weighted by Gasteiger charge is 2.12. The van der Waals surface area contributed by atoms with Crippen molar-refractivity contribution >= 4 is 12.3 Å². The van der Waals surface area contributed by atoms with E-state index in [0.717, 1.165) is 0 Å². The van der Waals surface area contributed by atoms with Gasteiger partial charge in [-0.25, -0.2) is 4.79 Å². The van der Waals surface area contributed by atoms with E-state index in [1.807, 2.05) is 0 Å². The fourth-order valence-electron chi connectivity index (χ4n) is 0.773. The van der Waals surface area contributed by atoms with E-state index >= 15 is 0 Å². The first kappa shape index (κ1) is 6.74. The van der Waals surface area contributed by atoms with Gasteiger partial charge in [0.1, 0.15) is 6.29 Å². The number of carbonyl (C=O) groups excluding carboxylic acids is 1. The zero-order valence-corrected chi connectivity index (χ0v) is 5.20. The summed E-state index contributed by atoms with van der Waals surface area (Å²) in [6, 6.07) is 0. The third-order valence-electron chi connectivity index (χ3n) is 1.32. The lowest BCUT2D eigenvalue weighted by Crippen LogP contribution is -1.98. The van der Waals surface area contributed by atoms with Gasteiger partial charge in [-0.2, -0.15) is 0 Å². The molecule has 1 rings (SSSR count). The highest BCUT2D eigenvalue weighted by molar-refractivity contribution is 5.92. The van der Waals surface area contributed by atoms with Gasteiger partial charge in [0.25, 0.3) is 0 Å². The molecule has 0 aliphatic heterocycles. The predicted octanol–water partition coefficient (Wildman–Crippen LogP) is 0.526. The Morgan fingerprint density at radius 1 is 1.60 bits per heavy atom. The summed E-state index contributed by atoms with van der Waals surface area (Å²) in [5, 5.41) is 8.41. The number of carboxylic acid groups (broad SMARTS) is 1. The van der Waals surface area contributed by atoms with E-state index in [1.54, 1.807) is 0 Å². The quantitative estimate of drug-likeness (QED) is 0.566. The molecular weight excluding hydrogens is 132 g/mol. The summed E-state index contributed by atoms with van der Waals surface area (Å²) in [7, 11) is 0. The molecule has 0 atom stereocenters. The summed E-state index contributed by atoms with van der Waals surface area (Å²) in [5.41, 5.74) is 0.805. The van der Waals surface area contributed by atoms with Crippen molar-refractivity contribution < 1.29 is 14.7 Å². The van der Waals surface area contributed by atoms with E-state index in [4.69, 9.17) is 5.11 Å². The number of allylic oxidation sites excluding steroid dienone is 3. The molecule has 0 aromatic rings. The fourth-order valence-corrected chi connectivity index (χ4v) is 0.773. The second-order valence-electron chi connectivity index (χ2n) is 2.03. The number of aldehydes is 1. The molecule has 3 nitrogen and oxygen atoms in total. The second kappa shape index (κ2) is 2.47. The van der Waals surface area contributed by atoms with Crippen LogP contribution in [-0.2, 0) is 9.59 Å². The molecule has 0 bridgehead atoms. The normalized spacial score (nSPS) is 16.0. The molecule has 0 heterocycles. The molecule has 0 unspecified atom stereocenters. The van der Waals surface area contributed by atoms with Gasteiger partial charge < -0.3 is 5.11 Å². The van der Waals surface area contributed by atoms with Crippen molar-refractivity contribution in [1.29, 1.82) is 0 Å². The topological polar surface area (TPSA) is 54.4 Å². The number of hydrogen-bond donors (Lipinski definition) is 1. The maximum Gasteiger partial charge on any atom is 0.331 e. The summed E-state index contributed by atoms with van der Waals surface area (Å²) >= 11 is 0. The Balaban J connectivity index is 2.64. The Hall–Kier alpha value is -1.38. The molecule has 0 fully saturated rings. The molecule has 0 aromatic heterocycles. The van der Waals surface area contributed by atoms with Crippen molar-refractivity contribution in [2.45, 2.75) is 6.42 Å². The molecule has 0 radical (unpaired) electrons. The molecule has 3 heteroatoms. The van der Waals surface area contributed by atoms with Crippen LogP contribution in [0, 0.1) is 0 Å². The summed E-state index contributed by atoms with van der Waals surface area (Å²) in [6.07, 6.45) is 3.91. The van der Waals surface area contributed by atoms with Crippen LogP contribution in [0.5, 0.6) is 0 Å². The predicted molar refractivity (Wildman–Crippen MR) is 34.5 cm³/mol. The van der Waals surface area contributed by atoms with Gasteiger partial charge in [0.05, 0.1) is 0 Å². The van der Waals surface area contributed by atoms with Crippen LogP contribution < -0.4 is 0 Å². The van der Waals surface area contributed by atoms with Gasteiger partial charge in [-0.05, 0) is 5.57 Å². The molecule has 52 valence electrons. The Morgan fingerprint density at radius 3 is 2.60 bits per heavy atom. The molecule has 0 amide bonds. The minimum absolute atomic E-state index is 0.263. The van der Waals surface area contributed by atoms with Crippen LogP contribution in [0.25, 0.3) is 0 Å². The van der Waals surface area contributed by atoms with Crippen molar-refractivity contribution in [2.75, 3.05) is 0 Å². The first-order valence-electron chi connectivity index (χ1n) is 2.82. The molecule has 1 aliphatic rings. The SMILES string of the molecule is O=CC1=CC=C(C(=O)O)C1. The van der Waals surface area contributed by atoms with E-state index in [0.29, 0.717) is 11.9 Å². The van der Waals surface area contributed by atoms with Crippen LogP contribution in [0.1, 0.15) is 6.42 Å². The van der Waals surface area contributed by atoms with Crippen molar-refractivity contribution in [2.24, 2.45) is 0 Å². The second-order valence-corrected chi connectivity index (χ2v) is 2.03. The average molecular weight is 138 g/mol. The molecule has 0 saturated carbocycles. The van der Waals surface area contributed by atoms with Crippen LogP contribution in [0.4, 0.5) is 0 Å². The lowest BCUT2D eigenvalue weighted by molar-refractivity contribution is -0.132. The van der Waals surface area contributed by atoms with Gasteiger partial charge in [-0.3, -0.25) is 4.79 Å². The molecule has 1 aliphatic carbocycles. The number of aliphatic carboxylic acids is 1. The standard InChI is InChI=1S/C7H6O3/c8-4-5-1-2-6(3-5)7(9)10/h1-2,4H,3H2,(H,9,10). The van der Waals surface area contributed by atoms with E-state index < -0.39 is 5.97 Å². The van der Waals surface area contributed by atoms with Crippen molar-refractivity contribution in [3.63, 3.8) is 0 Å². The third kappa shape index (κ3) is 1.13. The zero-order chi connectivity index (χ0) is 7.56. The highest BCUT2D eigenvalue weighted by atomic mass is 16.4. The number of rotatable bonds is 2. The van der Waals surface area contributed by atoms with Gasteiger partial charge in [-0.1, -0.05) is 12.2 Å². The van der Waals surface area contributed by atoms with Crippen LogP contribution in [-0.4, -0.2) is 17.4 Å². The lowest BCUT2D eigenvalue weighted by Gasteiger charge is -1.91. The first-order chi connectivity index (χ1) is 4.74. The molecular formula is C7H6O3. The van der Waals surface area contributed by atoms with Crippen molar-refractivity contribution in [3.8, 4) is 0 Å². The van der Waals surface area contributed by atoms with Gasteiger partial charge in [0.15, 0.2) is 0 Å². The Bertz CT molecular complexity index is 235. The van der Waals surface area contributed by atoms with E-state index in [1.165, 1.54) is 12.2 Å². The maximum atomic E-state index is 10.2. The minimum atomic E-state index is -0.951. The fraction of sp³-hybridized carbons (Fsp3) is 0.143. The number of hydrogen-bond acceptors (Lipinski definition) is 2. The molecule has 1 N–H and O–H groups in total. The first-order valence-corrected chi connectivity index (χ1v) is 2.82. The van der Waals surface area contributed by atoms with Crippen LogP contribution in [0.15, 0.2) is 23.3 Å². The lowest BCUT2D eigenvalue weighted by atomic mass is 10.2. The van der Waals surface area contributed by atoms with Crippen LogP contribution in [0.3, 0.4) is 0 Å². The van der Waals surface area contributed by atoms with Crippen molar-refractivity contribution in [3.05, 3.63) is 23.3 Å². The molecule has 0 saturated heterocycles. The largest absolute Gasteiger partial charge is 0.478 e. The van der Waals surface area contributed by atoms with E-state index in [9.17, 15) is 9.59 Å². The summed E-state index contributed by atoms with van der Waals surface area (Å²) in [6.45, 7) is 0. The maximum absolute atomic E-state index is 10.2. The average Bonchev–Trinajstić information content (AvgIpc) is 2.34. The molecule has 10 heavy (non-hydrogen) atoms. The van der Waals surface area contributed by atoms with E-state index in [-0.39, 0.29) is 12.0 Å². The monoisotopic (exact) mass is 138 g/mol. The summed E-state index contributed by atoms with van der Waals surface area (Å²) < 4.78 is 0. The van der Waals surface area contributed by atoms with Crippen molar-refractivity contribution in [1.82, 2.24) is 0 Å². The summed E-state index contributed by atoms with van der Waals surface area (Å²) in [5.74, 6) is -0.951. The smallest absolute Gasteiger partial charge is 0.331 e. The Morgan fingerprint density at radius 2 is 2.30 bits per heavy atom. The highest BCUT2D eigenvalue weighted by Crippen LogP contribution is 2.16. The van der Waals surface area contributed by atoms with Crippen LogP contribution in [0.2, 0.25) is 0 Å². The number of carboxylic acids is 1. The number of carbonyl (C=O) groups is 2. The molecule has 0 spiro atoms. The summed E-state index contributed by atoms with van der Waals surface area (Å²) in [4.78, 5) is 20.3. The van der Waals surface area contributed by atoms with Gasteiger partial charge in [-0.15, -0.1) is 0 Å². The Labute approximate surface area is 57.7 Å². The van der Waals surface area contributed by atoms with Gasteiger partial charge in [0.2, 0.25) is 0 Å². The zero-order valence-electron chi connectivity index (χ0n) is 5.20. The van der Waals surface area contributed by atoms with Gasteiger partial charge in [0, 0.05) is 12.0 Å². The third-order valence-corrected chi connectivity index (χ3v) is 1.32. The van der Waals surface area contributed by atoms with Crippen LogP contribution >= 0.6 is 0 Å².